The minimum atomic E-state index is -0.107. The second kappa shape index (κ2) is 8.84. The quantitative estimate of drug-likeness (QED) is 0.611. The summed E-state index contributed by atoms with van der Waals surface area (Å²) in [6, 6.07) is 9.48. The number of hydrogen-bond acceptors (Lipinski definition) is 5. The zero-order valence-electron chi connectivity index (χ0n) is 14.3. The van der Waals surface area contributed by atoms with E-state index in [1.165, 1.54) is 11.8 Å². The molecule has 130 valence electrons. The number of amides is 1. The van der Waals surface area contributed by atoms with Crippen LogP contribution in [0.1, 0.15) is 42.0 Å². The molecule has 0 fully saturated rings. The van der Waals surface area contributed by atoms with Gasteiger partial charge in [-0.1, -0.05) is 42.4 Å². The number of nitriles is 1. The van der Waals surface area contributed by atoms with Crippen LogP contribution in [0.15, 0.2) is 29.3 Å². The van der Waals surface area contributed by atoms with Gasteiger partial charge in [0, 0.05) is 5.02 Å². The standard InChI is InChI=1S/C18H19ClN4OS/c1-4-16(13-5-7-14(19)8-6-13)23-17(24)10-25-18-15(9-20)11(2)21-12(3)22-18/h5-8,16H,4,10H2,1-3H3,(H,23,24). The lowest BCUT2D eigenvalue weighted by Gasteiger charge is -2.17. The molecule has 1 heterocycles. The van der Waals surface area contributed by atoms with Crippen LogP contribution >= 0.6 is 23.4 Å². The Labute approximate surface area is 156 Å². The number of hydrogen-bond donors (Lipinski definition) is 1. The number of carbonyl (C=O) groups is 1. The Hall–Kier alpha value is -2.10. The number of carbonyl (C=O) groups excluding carboxylic acids is 1. The first kappa shape index (κ1) is 19.2. The third kappa shape index (κ3) is 5.18. The van der Waals surface area contributed by atoms with E-state index in [0.29, 0.717) is 27.1 Å². The first-order valence-electron chi connectivity index (χ1n) is 7.87. The van der Waals surface area contributed by atoms with Crippen LogP contribution in [0, 0.1) is 25.2 Å². The molecule has 0 saturated heterocycles. The Morgan fingerprint density at radius 1 is 1.32 bits per heavy atom. The molecule has 25 heavy (non-hydrogen) atoms. The average Bonchev–Trinajstić information content (AvgIpc) is 2.58. The van der Waals surface area contributed by atoms with E-state index >= 15 is 0 Å². The highest BCUT2D eigenvalue weighted by molar-refractivity contribution is 8.00. The number of nitrogens with zero attached hydrogens (tertiary/aromatic N) is 3. The first-order chi connectivity index (χ1) is 11.9. The zero-order chi connectivity index (χ0) is 18.4. The number of aromatic nitrogens is 2. The third-order valence-electron chi connectivity index (χ3n) is 3.64. The van der Waals surface area contributed by atoms with Crippen LogP contribution in [0.3, 0.4) is 0 Å². The van der Waals surface area contributed by atoms with E-state index in [1.807, 2.05) is 31.2 Å². The number of aryl methyl sites for hydroxylation is 2. The molecule has 1 N–H and O–H groups in total. The third-order valence-corrected chi connectivity index (χ3v) is 4.86. The van der Waals surface area contributed by atoms with Gasteiger partial charge in [-0.05, 0) is 38.0 Å². The number of halogens is 1. The molecule has 0 spiro atoms. The number of benzene rings is 1. The van der Waals surface area contributed by atoms with E-state index < -0.39 is 0 Å². The van der Waals surface area contributed by atoms with E-state index in [-0.39, 0.29) is 17.7 Å². The molecule has 1 amide bonds. The maximum Gasteiger partial charge on any atom is 0.230 e. The van der Waals surface area contributed by atoms with Gasteiger partial charge in [-0.25, -0.2) is 9.97 Å². The Morgan fingerprint density at radius 3 is 2.60 bits per heavy atom. The van der Waals surface area contributed by atoms with E-state index in [9.17, 15) is 10.1 Å². The molecule has 0 aliphatic rings. The summed E-state index contributed by atoms with van der Waals surface area (Å²) in [5.74, 6) is 0.672. The van der Waals surface area contributed by atoms with Gasteiger partial charge in [0.1, 0.15) is 22.5 Å². The van der Waals surface area contributed by atoms with Crippen molar-refractivity contribution in [3.8, 4) is 6.07 Å². The lowest BCUT2D eigenvalue weighted by atomic mass is 10.0. The summed E-state index contributed by atoms with van der Waals surface area (Å²) >= 11 is 7.16. The maximum absolute atomic E-state index is 12.3. The van der Waals surface area contributed by atoms with E-state index in [4.69, 9.17) is 11.6 Å². The predicted molar refractivity (Wildman–Crippen MR) is 99.6 cm³/mol. The fourth-order valence-corrected chi connectivity index (χ4v) is 3.41. The molecule has 1 aromatic heterocycles. The van der Waals surface area contributed by atoms with Crippen molar-refractivity contribution in [2.24, 2.45) is 0 Å². The second-order valence-corrected chi connectivity index (χ2v) is 6.92. The van der Waals surface area contributed by atoms with Crippen LogP contribution in [0.5, 0.6) is 0 Å². The molecule has 1 atom stereocenters. The first-order valence-corrected chi connectivity index (χ1v) is 9.24. The van der Waals surface area contributed by atoms with Crippen LogP contribution < -0.4 is 5.32 Å². The smallest absolute Gasteiger partial charge is 0.230 e. The van der Waals surface area contributed by atoms with Crippen molar-refractivity contribution in [3.05, 3.63) is 51.9 Å². The highest BCUT2D eigenvalue weighted by atomic mass is 35.5. The molecule has 0 aliphatic carbocycles. The van der Waals surface area contributed by atoms with Crippen molar-refractivity contribution in [2.75, 3.05) is 5.75 Å². The molecule has 2 rings (SSSR count). The summed E-state index contributed by atoms with van der Waals surface area (Å²) in [5, 5.41) is 13.5. The van der Waals surface area contributed by atoms with Gasteiger partial charge in [-0.3, -0.25) is 4.79 Å². The van der Waals surface area contributed by atoms with Gasteiger partial charge in [0.15, 0.2) is 0 Å². The topological polar surface area (TPSA) is 78.7 Å². The van der Waals surface area contributed by atoms with Crippen LogP contribution in [0.2, 0.25) is 5.02 Å². The highest BCUT2D eigenvalue weighted by Crippen LogP contribution is 2.23. The average molecular weight is 375 g/mol. The Bertz CT molecular complexity index is 802. The zero-order valence-corrected chi connectivity index (χ0v) is 15.9. The molecule has 1 unspecified atom stereocenters. The summed E-state index contributed by atoms with van der Waals surface area (Å²) in [5.41, 5.74) is 2.07. The van der Waals surface area contributed by atoms with Crippen molar-refractivity contribution in [1.82, 2.24) is 15.3 Å². The van der Waals surface area contributed by atoms with Gasteiger partial charge in [-0.15, -0.1) is 0 Å². The normalized spacial score (nSPS) is 11.6. The number of rotatable bonds is 6. The molecule has 7 heteroatoms. The molecule has 0 aliphatic heterocycles. The predicted octanol–water partition coefficient (Wildman–Crippen LogP) is 3.98. The monoisotopic (exact) mass is 374 g/mol. The molecule has 5 nitrogen and oxygen atoms in total. The van der Waals surface area contributed by atoms with Crippen LogP contribution in [0.25, 0.3) is 0 Å². The van der Waals surface area contributed by atoms with Crippen molar-refractivity contribution in [1.29, 1.82) is 5.26 Å². The molecule has 2 aromatic rings. The van der Waals surface area contributed by atoms with Crippen molar-refractivity contribution < 1.29 is 4.79 Å². The van der Waals surface area contributed by atoms with Crippen LogP contribution in [-0.4, -0.2) is 21.6 Å². The number of thioether (sulfide) groups is 1. The molecule has 0 radical (unpaired) electrons. The molecular formula is C18H19ClN4OS. The second-order valence-electron chi connectivity index (χ2n) is 5.52. The van der Waals surface area contributed by atoms with Gasteiger partial charge < -0.3 is 5.32 Å². The Balaban J connectivity index is 2.03. The summed E-state index contributed by atoms with van der Waals surface area (Å²) in [7, 11) is 0. The largest absolute Gasteiger partial charge is 0.349 e. The summed E-state index contributed by atoms with van der Waals surface area (Å²) < 4.78 is 0. The van der Waals surface area contributed by atoms with Crippen LogP contribution in [-0.2, 0) is 4.79 Å². The molecule has 0 saturated carbocycles. The Morgan fingerprint density at radius 2 is 2.00 bits per heavy atom. The molecular weight excluding hydrogens is 356 g/mol. The molecule has 1 aromatic carbocycles. The minimum absolute atomic E-state index is 0.0744. The van der Waals surface area contributed by atoms with Crippen molar-refractivity contribution in [3.63, 3.8) is 0 Å². The maximum atomic E-state index is 12.3. The van der Waals surface area contributed by atoms with Crippen molar-refractivity contribution >= 4 is 29.3 Å². The van der Waals surface area contributed by atoms with Gasteiger partial charge >= 0.3 is 0 Å². The summed E-state index contributed by atoms with van der Waals surface area (Å²) in [4.78, 5) is 20.8. The molecule has 0 bridgehead atoms. The van der Waals surface area contributed by atoms with E-state index in [2.05, 4.69) is 21.4 Å². The SMILES string of the molecule is CCC(NC(=O)CSc1nc(C)nc(C)c1C#N)c1ccc(Cl)cc1. The van der Waals surface area contributed by atoms with Gasteiger partial charge in [0.25, 0.3) is 0 Å². The van der Waals surface area contributed by atoms with E-state index in [1.54, 1.807) is 13.8 Å². The minimum Gasteiger partial charge on any atom is -0.349 e. The summed E-state index contributed by atoms with van der Waals surface area (Å²) in [6.45, 7) is 5.55. The van der Waals surface area contributed by atoms with Gasteiger partial charge in [0.05, 0.1) is 17.5 Å². The Kier molecular flexibility index (Phi) is 6.80. The van der Waals surface area contributed by atoms with Crippen LogP contribution in [0.4, 0.5) is 0 Å². The fourth-order valence-electron chi connectivity index (χ4n) is 2.40. The van der Waals surface area contributed by atoms with Gasteiger partial charge in [0.2, 0.25) is 5.91 Å². The van der Waals surface area contributed by atoms with E-state index in [0.717, 1.165) is 12.0 Å². The number of nitrogens with one attached hydrogen (secondary N) is 1. The summed E-state index contributed by atoms with van der Waals surface area (Å²) in [6.07, 6.45) is 0.771. The lowest BCUT2D eigenvalue weighted by Crippen LogP contribution is -2.29. The van der Waals surface area contributed by atoms with Gasteiger partial charge in [-0.2, -0.15) is 5.26 Å². The van der Waals surface area contributed by atoms with Crippen molar-refractivity contribution in [2.45, 2.75) is 38.3 Å². The lowest BCUT2D eigenvalue weighted by molar-refractivity contribution is -0.119. The highest BCUT2D eigenvalue weighted by Gasteiger charge is 2.15. The fraction of sp³-hybridized carbons (Fsp3) is 0.333.